The van der Waals surface area contributed by atoms with Gasteiger partial charge in [0, 0.05) is 19.6 Å². The summed E-state index contributed by atoms with van der Waals surface area (Å²) in [7, 11) is 0. The summed E-state index contributed by atoms with van der Waals surface area (Å²) >= 11 is 0. The second-order valence-corrected chi connectivity index (χ2v) is 6.33. The SMILES string of the molecule is NCC1(C(=O)N2CCCC(C(=O)O)C2)CCCCCC1. The molecule has 5 nitrogen and oxygen atoms in total. The van der Waals surface area contributed by atoms with Crippen molar-refractivity contribution < 1.29 is 14.7 Å². The number of rotatable bonds is 3. The van der Waals surface area contributed by atoms with Crippen LogP contribution in [0, 0.1) is 11.3 Å². The monoisotopic (exact) mass is 282 g/mol. The molecule has 2 aliphatic rings. The second-order valence-electron chi connectivity index (χ2n) is 6.33. The Morgan fingerprint density at radius 3 is 2.35 bits per heavy atom. The van der Waals surface area contributed by atoms with E-state index in [1.807, 2.05) is 0 Å². The maximum Gasteiger partial charge on any atom is 0.308 e. The van der Waals surface area contributed by atoms with Gasteiger partial charge in [0.05, 0.1) is 11.3 Å². The van der Waals surface area contributed by atoms with E-state index in [-0.39, 0.29) is 5.91 Å². The van der Waals surface area contributed by atoms with Crippen LogP contribution in [0.5, 0.6) is 0 Å². The Labute approximate surface area is 120 Å². The summed E-state index contributed by atoms with van der Waals surface area (Å²) in [5, 5.41) is 9.15. The highest BCUT2D eigenvalue weighted by atomic mass is 16.4. The van der Waals surface area contributed by atoms with Crippen molar-refractivity contribution in [3.05, 3.63) is 0 Å². The molecule has 114 valence electrons. The molecule has 1 unspecified atom stereocenters. The molecule has 0 aromatic rings. The maximum absolute atomic E-state index is 12.9. The van der Waals surface area contributed by atoms with Crippen LogP contribution in [0.25, 0.3) is 0 Å². The molecule has 1 saturated heterocycles. The van der Waals surface area contributed by atoms with Crippen LogP contribution in [0.1, 0.15) is 51.4 Å². The van der Waals surface area contributed by atoms with Crippen molar-refractivity contribution in [1.29, 1.82) is 0 Å². The lowest BCUT2D eigenvalue weighted by molar-refractivity contribution is -0.150. The Balaban J connectivity index is 2.09. The quantitative estimate of drug-likeness (QED) is 0.770. The maximum atomic E-state index is 12.9. The zero-order valence-corrected chi connectivity index (χ0v) is 12.1. The topological polar surface area (TPSA) is 83.6 Å². The van der Waals surface area contributed by atoms with Gasteiger partial charge < -0.3 is 15.7 Å². The lowest BCUT2D eigenvalue weighted by Crippen LogP contribution is -2.51. The number of carbonyl (C=O) groups excluding carboxylic acids is 1. The Hall–Kier alpha value is -1.10. The molecule has 0 bridgehead atoms. The fourth-order valence-corrected chi connectivity index (χ4v) is 3.61. The molecule has 2 rings (SSSR count). The zero-order valence-electron chi connectivity index (χ0n) is 12.1. The van der Waals surface area contributed by atoms with E-state index < -0.39 is 17.3 Å². The zero-order chi connectivity index (χ0) is 14.6. The van der Waals surface area contributed by atoms with Crippen molar-refractivity contribution in [2.24, 2.45) is 17.1 Å². The highest BCUT2D eigenvalue weighted by Gasteiger charge is 2.41. The van der Waals surface area contributed by atoms with Gasteiger partial charge in [-0.2, -0.15) is 0 Å². The third-order valence-electron chi connectivity index (χ3n) is 4.96. The molecule has 0 spiro atoms. The molecule has 1 aliphatic heterocycles. The van der Waals surface area contributed by atoms with Gasteiger partial charge in [-0.15, -0.1) is 0 Å². The molecule has 0 radical (unpaired) electrons. The van der Waals surface area contributed by atoms with E-state index in [0.29, 0.717) is 26.1 Å². The number of hydrogen-bond donors (Lipinski definition) is 2. The number of piperidine rings is 1. The number of likely N-dealkylation sites (tertiary alicyclic amines) is 1. The van der Waals surface area contributed by atoms with Crippen LogP contribution in [0.3, 0.4) is 0 Å². The minimum Gasteiger partial charge on any atom is -0.481 e. The summed E-state index contributed by atoms with van der Waals surface area (Å²) in [6.45, 7) is 1.43. The molecule has 3 N–H and O–H groups in total. The molecule has 1 atom stereocenters. The van der Waals surface area contributed by atoms with Crippen LogP contribution in [-0.4, -0.2) is 41.5 Å². The van der Waals surface area contributed by atoms with Crippen LogP contribution >= 0.6 is 0 Å². The molecule has 1 heterocycles. The fourth-order valence-electron chi connectivity index (χ4n) is 3.61. The van der Waals surface area contributed by atoms with Gasteiger partial charge in [-0.25, -0.2) is 0 Å². The summed E-state index contributed by atoms with van der Waals surface area (Å²) in [5.41, 5.74) is 5.51. The number of amides is 1. The minimum atomic E-state index is -0.787. The molecular weight excluding hydrogens is 256 g/mol. The van der Waals surface area contributed by atoms with E-state index in [1.54, 1.807) is 4.90 Å². The van der Waals surface area contributed by atoms with Crippen molar-refractivity contribution in [3.8, 4) is 0 Å². The fraction of sp³-hybridized carbons (Fsp3) is 0.867. The Bertz CT molecular complexity index is 362. The Morgan fingerprint density at radius 1 is 1.15 bits per heavy atom. The second kappa shape index (κ2) is 6.57. The summed E-state index contributed by atoms with van der Waals surface area (Å²) in [4.78, 5) is 25.8. The van der Waals surface area contributed by atoms with E-state index in [9.17, 15) is 9.59 Å². The summed E-state index contributed by atoms with van der Waals surface area (Å²) in [6, 6.07) is 0. The Morgan fingerprint density at radius 2 is 1.80 bits per heavy atom. The summed E-state index contributed by atoms with van der Waals surface area (Å²) in [6.07, 6.45) is 7.63. The summed E-state index contributed by atoms with van der Waals surface area (Å²) in [5.74, 6) is -1.09. The first-order chi connectivity index (χ1) is 9.59. The van der Waals surface area contributed by atoms with Crippen molar-refractivity contribution in [2.45, 2.75) is 51.4 Å². The smallest absolute Gasteiger partial charge is 0.308 e. The van der Waals surface area contributed by atoms with Gasteiger partial charge in [-0.1, -0.05) is 25.7 Å². The van der Waals surface area contributed by atoms with Gasteiger partial charge >= 0.3 is 5.97 Å². The van der Waals surface area contributed by atoms with Crippen LogP contribution in [0.15, 0.2) is 0 Å². The molecule has 1 amide bonds. The molecule has 2 fully saturated rings. The number of carboxylic acid groups (broad SMARTS) is 1. The van der Waals surface area contributed by atoms with Crippen molar-refractivity contribution in [1.82, 2.24) is 4.90 Å². The summed E-state index contributed by atoms with van der Waals surface area (Å²) < 4.78 is 0. The number of nitrogens with zero attached hydrogens (tertiary/aromatic N) is 1. The lowest BCUT2D eigenvalue weighted by Gasteiger charge is -2.39. The number of nitrogens with two attached hydrogens (primary N) is 1. The van der Waals surface area contributed by atoms with Gasteiger partial charge in [0.1, 0.15) is 0 Å². The lowest BCUT2D eigenvalue weighted by atomic mass is 9.78. The third kappa shape index (κ3) is 3.14. The predicted octanol–water partition coefficient (Wildman–Crippen LogP) is 1.61. The molecule has 20 heavy (non-hydrogen) atoms. The Kier molecular flexibility index (Phi) is 5.02. The van der Waals surface area contributed by atoms with Gasteiger partial charge in [0.15, 0.2) is 0 Å². The first-order valence-corrected chi connectivity index (χ1v) is 7.81. The molecule has 0 aromatic carbocycles. The normalized spacial score (nSPS) is 26.9. The van der Waals surface area contributed by atoms with Crippen molar-refractivity contribution >= 4 is 11.9 Å². The molecule has 5 heteroatoms. The highest BCUT2D eigenvalue weighted by Crippen LogP contribution is 2.37. The predicted molar refractivity (Wildman–Crippen MR) is 76.1 cm³/mol. The van der Waals surface area contributed by atoms with Crippen LogP contribution in [0.4, 0.5) is 0 Å². The largest absolute Gasteiger partial charge is 0.481 e. The van der Waals surface area contributed by atoms with Gasteiger partial charge in [0.25, 0.3) is 0 Å². The van der Waals surface area contributed by atoms with Crippen LogP contribution in [0.2, 0.25) is 0 Å². The van der Waals surface area contributed by atoms with E-state index in [1.165, 1.54) is 12.8 Å². The third-order valence-corrected chi connectivity index (χ3v) is 4.96. The van der Waals surface area contributed by atoms with E-state index in [2.05, 4.69) is 0 Å². The average Bonchev–Trinajstić information content (AvgIpc) is 2.73. The first-order valence-electron chi connectivity index (χ1n) is 7.81. The van der Waals surface area contributed by atoms with Gasteiger partial charge in [-0.05, 0) is 25.7 Å². The minimum absolute atomic E-state index is 0.104. The molecule has 1 aliphatic carbocycles. The van der Waals surface area contributed by atoms with Gasteiger partial charge in [0.2, 0.25) is 5.91 Å². The van der Waals surface area contributed by atoms with Crippen molar-refractivity contribution in [3.63, 3.8) is 0 Å². The van der Waals surface area contributed by atoms with Crippen LogP contribution in [-0.2, 0) is 9.59 Å². The standard InChI is InChI=1S/C15H26N2O3/c16-11-15(7-3-1-2-4-8-15)14(20)17-9-5-6-12(10-17)13(18)19/h12H,1-11,16H2,(H,18,19). The number of aliphatic carboxylic acids is 1. The molecule has 1 saturated carbocycles. The van der Waals surface area contributed by atoms with Crippen molar-refractivity contribution in [2.75, 3.05) is 19.6 Å². The molecular formula is C15H26N2O3. The van der Waals surface area contributed by atoms with E-state index >= 15 is 0 Å². The first kappa shape index (κ1) is 15.3. The number of carbonyl (C=O) groups is 2. The van der Waals surface area contributed by atoms with E-state index in [4.69, 9.17) is 10.8 Å². The number of carboxylic acids is 1. The molecule has 0 aromatic heterocycles. The van der Waals surface area contributed by atoms with Crippen LogP contribution < -0.4 is 5.73 Å². The average molecular weight is 282 g/mol. The van der Waals surface area contributed by atoms with Gasteiger partial charge in [-0.3, -0.25) is 9.59 Å². The number of hydrogen-bond acceptors (Lipinski definition) is 3. The highest BCUT2D eigenvalue weighted by molar-refractivity contribution is 5.84. The van der Waals surface area contributed by atoms with E-state index in [0.717, 1.165) is 32.1 Å².